The highest BCUT2D eigenvalue weighted by atomic mass is 16.6. The molecule has 0 fully saturated rings. The van der Waals surface area contributed by atoms with Gasteiger partial charge >= 0.3 is 11.9 Å². The predicted molar refractivity (Wildman–Crippen MR) is 228 cm³/mol. The summed E-state index contributed by atoms with van der Waals surface area (Å²) in [6, 6.07) is 16.7. The first-order chi connectivity index (χ1) is 26.9. The quantitative estimate of drug-likeness (QED) is 0.149. The predicted octanol–water partition coefficient (Wildman–Crippen LogP) is 9.82. The van der Waals surface area contributed by atoms with E-state index in [0.717, 1.165) is 66.8 Å². The molecule has 8 heteroatoms. The largest absolute Gasteiger partial charge is 0.507 e. The van der Waals surface area contributed by atoms with E-state index >= 15 is 0 Å². The molecule has 0 saturated heterocycles. The number of carbonyl (C=O) groups excluding carboxylic acids is 2. The van der Waals surface area contributed by atoms with Gasteiger partial charge in [0.1, 0.15) is 36.2 Å². The number of ether oxygens (including phenoxy) is 4. The van der Waals surface area contributed by atoms with Crippen LogP contribution < -0.4 is 9.47 Å². The van der Waals surface area contributed by atoms with Crippen LogP contribution in [0.4, 0.5) is 0 Å². The third-order valence-corrected chi connectivity index (χ3v) is 11.3. The van der Waals surface area contributed by atoms with E-state index in [-0.39, 0.29) is 46.4 Å². The van der Waals surface area contributed by atoms with Crippen molar-refractivity contribution in [3.05, 3.63) is 115 Å². The molecule has 10 bridgehead atoms. The van der Waals surface area contributed by atoms with Crippen LogP contribution in [0.15, 0.2) is 48.5 Å². The van der Waals surface area contributed by atoms with Gasteiger partial charge in [0.25, 0.3) is 0 Å². The summed E-state index contributed by atoms with van der Waals surface area (Å²) in [7, 11) is 0. The van der Waals surface area contributed by atoms with Crippen molar-refractivity contribution in [2.75, 3.05) is 26.4 Å². The van der Waals surface area contributed by atoms with Gasteiger partial charge in [-0.15, -0.1) is 0 Å². The Kier molecular flexibility index (Phi) is 11.5. The number of fused-ring (bicyclic) bond motifs is 2. The fourth-order valence-corrected chi connectivity index (χ4v) is 7.67. The maximum Gasteiger partial charge on any atom is 0.344 e. The van der Waals surface area contributed by atoms with Crippen molar-refractivity contribution in [2.45, 2.75) is 130 Å². The van der Waals surface area contributed by atoms with Gasteiger partial charge in [0.15, 0.2) is 13.2 Å². The van der Waals surface area contributed by atoms with Crippen LogP contribution in [0.25, 0.3) is 0 Å². The summed E-state index contributed by atoms with van der Waals surface area (Å²) in [5.74, 6) is 0.0945. The lowest BCUT2D eigenvalue weighted by molar-refractivity contribution is -0.154. The van der Waals surface area contributed by atoms with E-state index in [4.69, 9.17) is 18.9 Å². The number of hydrogen-bond acceptors (Lipinski definition) is 8. The first-order valence-corrected chi connectivity index (χ1v) is 20.5. The minimum atomic E-state index is -0.618. The number of phenols is 2. The molecule has 0 amide bonds. The van der Waals surface area contributed by atoms with Crippen molar-refractivity contribution in [1.82, 2.24) is 0 Å². The third-order valence-electron chi connectivity index (χ3n) is 11.3. The van der Waals surface area contributed by atoms with E-state index in [2.05, 4.69) is 132 Å². The van der Waals surface area contributed by atoms with Crippen molar-refractivity contribution in [3.63, 3.8) is 0 Å². The first-order valence-electron chi connectivity index (χ1n) is 20.5. The minimum Gasteiger partial charge on any atom is -0.507 e. The van der Waals surface area contributed by atoms with Crippen molar-refractivity contribution in [3.8, 4) is 23.0 Å². The smallest absolute Gasteiger partial charge is 0.344 e. The fourth-order valence-electron chi connectivity index (χ4n) is 7.67. The molecule has 58 heavy (non-hydrogen) atoms. The highest BCUT2D eigenvalue weighted by Gasteiger charge is 2.29. The average Bonchev–Trinajstić information content (AvgIpc) is 3.09. The lowest BCUT2D eigenvalue weighted by atomic mass is 9.79. The Hall–Kier alpha value is -4.98. The third kappa shape index (κ3) is 9.48. The molecule has 1 aliphatic heterocycles. The number of esters is 2. The number of benzene rings is 4. The Balaban J connectivity index is 1.77. The van der Waals surface area contributed by atoms with Crippen LogP contribution in [0.3, 0.4) is 0 Å². The first kappa shape index (κ1) is 42.6. The van der Waals surface area contributed by atoms with Crippen LogP contribution in [0.1, 0.15) is 150 Å². The summed E-state index contributed by atoms with van der Waals surface area (Å²) in [6.45, 7) is 24.8. The number of aromatic hydroxyl groups is 2. The van der Waals surface area contributed by atoms with Crippen molar-refractivity contribution < 1.29 is 38.7 Å². The molecule has 4 aromatic carbocycles. The summed E-state index contributed by atoms with van der Waals surface area (Å²) in [4.78, 5) is 26.3. The van der Waals surface area contributed by atoms with Gasteiger partial charge in [-0.2, -0.15) is 0 Å². The highest BCUT2D eigenvalue weighted by molar-refractivity contribution is 5.72. The summed E-state index contributed by atoms with van der Waals surface area (Å²) in [6.07, 6.45) is 1.23. The normalized spacial score (nSPS) is 15.8. The zero-order valence-corrected chi connectivity index (χ0v) is 36.6. The molecule has 310 valence electrons. The average molecular weight is 791 g/mol. The van der Waals surface area contributed by atoms with Crippen LogP contribution in [-0.4, -0.2) is 48.6 Å². The number of phenolic OH excluding ortho intramolecular Hbond substituents is 2. The molecule has 1 heterocycles. The Morgan fingerprint density at radius 2 is 0.603 bits per heavy atom. The van der Waals surface area contributed by atoms with Crippen molar-refractivity contribution in [2.24, 2.45) is 0 Å². The van der Waals surface area contributed by atoms with Gasteiger partial charge in [-0.3, -0.25) is 0 Å². The summed E-state index contributed by atoms with van der Waals surface area (Å²) in [5.41, 5.74) is 9.22. The molecule has 0 saturated carbocycles. The molecule has 4 aromatic rings. The van der Waals surface area contributed by atoms with Gasteiger partial charge in [-0.25, -0.2) is 9.59 Å². The van der Waals surface area contributed by atoms with E-state index in [1.54, 1.807) is 0 Å². The second kappa shape index (κ2) is 15.6. The Bertz CT molecular complexity index is 1980. The second-order valence-corrected chi connectivity index (χ2v) is 20.3. The van der Waals surface area contributed by atoms with Crippen LogP contribution in [0, 0.1) is 0 Å². The maximum atomic E-state index is 13.2. The van der Waals surface area contributed by atoms with Gasteiger partial charge in [0.2, 0.25) is 0 Å². The molecule has 2 N–H and O–H groups in total. The SMILES string of the molecule is CC(C)(C)c1cc2c(O)c(c1)Cc1cc(C(C)(C)C)cc3c1OCC(=O)OCCOC(=O)COc1c(cc(C(C)(C)C)cc1Cc1cc(C(C)(C)C)cc(c1O)C3)C2. The van der Waals surface area contributed by atoms with E-state index in [1.165, 1.54) is 0 Å². The lowest BCUT2D eigenvalue weighted by Crippen LogP contribution is -2.22. The number of rotatable bonds is 0. The monoisotopic (exact) mass is 790 g/mol. The molecule has 0 unspecified atom stereocenters. The second-order valence-electron chi connectivity index (χ2n) is 20.3. The molecule has 1 aliphatic carbocycles. The highest BCUT2D eigenvalue weighted by Crippen LogP contribution is 2.43. The molecule has 2 aliphatic rings. The van der Waals surface area contributed by atoms with Crippen LogP contribution in [0.2, 0.25) is 0 Å². The fraction of sp³-hybridized carbons (Fsp3) is 0.480. The van der Waals surface area contributed by atoms with E-state index < -0.39 is 25.2 Å². The van der Waals surface area contributed by atoms with Crippen LogP contribution in [0.5, 0.6) is 23.0 Å². The summed E-state index contributed by atoms with van der Waals surface area (Å²) >= 11 is 0. The van der Waals surface area contributed by atoms with E-state index in [1.807, 2.05) is 0 Å². The molecule has 0 radical (unpaired) electrons. The van der Waals surface area contributed by atoms with Gasteiger partial charge in [0, 0.05) is 25.7 Å². The molecule has 0 aromatic heterocycles. The summed E-state index contributed by atoms with van der Waals surface area (Å²) < 4.78 is 23.9. The molecule has 8 nitrogen and oxygen atoms in total. The van der Waals surface area contributed by atoms with Gasteiger partial charge in [-0.1, -0.05) is 132 Å². The Labute approximate surface area is 344 Å². The number of cyclic esters (lactones) is 2. The zero-order valence-electron chi connectivity index (χ0n) is 36.6. The Morgan fingerprint density at radius 3 is 0.828 bits per heavy atom. The van der Waals surface area contributed by atoms with E-state index in [0.29, 0.717) is 37.2 Å². The van der Waals surface area contributed by atoms with Crippen molar-refractivity contribution in [1.29, 1.82) is 0 Å². The molecular weight excluding hydrogens is 729 g/mol. The minimum absolute atomic E-state index is 0.141. The summed E-state index contributed by atoms with van der Waals surface area (Å²) in [5, 5.41) is 24.7. The maximum absolute atomic E-state index is 13.2. The molecule has 0 atom stereocenters. The molecule has 0 spiro atoms. The van der Waals surface area contributed by atoms with Crippen molar-refractivity contribution >= 4 is 11.9 Å². The van der Waals surface area contributed by atoms with Gasteiger partial charge in [0.05, 0.1) is 0 Å². The van der Waals surface area contributed by atoms with Gasteiger partial charge in [-0.05, 0) is 88.4 Å². The topological polar surface area (TPSA) is 112 Å². The van der Waals surface area contributed by atoms with Crippen LogP contribution in [-0.2, 0) is 66.4 Å². The standard InChI is InChI=1S/C50H62O8/c1-47(2,3)37-19-29-15-33-23-39(49(7,8)9)25-35-17-31-21-38(48(4,5)6)22-32(44(31)54)18-36-26-40(50(10,11)12)24-34(16-30(20-37)43(29)53)46(36)58-28-42(52)56-14-13-55-41(51)27-57-45(33)35/h19-26,53-54H,13-18,27-28H2,1-12H3. The van der Waals surface area contributed by atoms with E-state index in [9.17, 15) is 19.8 Å². The number of hydrogen-bond donors (Lipinski definition) is 2. The zero-order chi connectivity index (χ0) is 42.5. The van der Waals surface area contributed by atoms with Crippen LogP contribution >= 0.6 is 0 Å². The molecular formula is C50H62O8. The lowest BCUT2D eigenvalue weighted by Gasteiger charge is -2.28. The Morgan fingerprint density at radius 1 is 0.379 bits per heavy atom. The molecule has 6 rings (SSSR count). The van der Waals surface area contributed by atoms with Gasteiger partial charge < -0.3 is 29.2 Å². The number of carbonyl (C=O) groups is 2.